The maximum absolute atomic E-state index is 10.3. The van der Waals surface area contributed by atoms with Crippen LogP contribution in [-0.4, -0.2) is 36.6 Å². The number of nitrogens with zero attached hydrogens (tertiary/aromatic N) is 1. The fourth-order valence-electron chi connectivity index (χ4n) is 5.32. The van der Waals surface area contributed by atoms with E-state index in [1.807, 2.05) is 0 Å². The van der Waals surface area contributed by atoms with Crippen molar-refractivity contribution in [3.8, 4) is 0 Å². The van der Waals surface area contributed by atoms with Crippen molar-refractivity contribution in [1.82, 2.24) is 4.90 Å². The molecule has 0 aliphatic heterocycles. The van der Waals surface area contributed by atoms with Crippen LogP contribution in [-0.2, 0) is 4.79 Å². The summed E-state index contributed by atoms with van der Waals surface area (Å²) in [7, 11) is 4.34. The van der Waals surface area contributed by atoms with Gasteiger partial charge in [0.1, 0.15) is 0 Å². The third-order valence-corrected chi connectivity index (χ3v) is 8.11. The molecule has 0 fully saturated rings. The first-order chi connectivity index (χ1) is 20.0. The van der Waals surface area contributed by atoms with Gasteiger partial charge >= 0.3 is 5.97 Å². The molecule has 0 bridgehead atoms. The summed E-state index contributed by atoms with van der Waals surface area (Å²) < 4.78 is 0. The van der Waals surface area contributed by atoms with Gasteiger partial charge in [-0.3, -0.25) is 4.79 Å². The lowest BCUT2D eigenvalue weighted by Gasteiger charge is -2.08. The van der Waals surface area contributed by atoms with Gasteiger partial charge in [-0.25, -0.2) is 0 Å². The van der Waals surface area contributed by atoms with E-state index in [0.29, 0.717) is 6.42 Å². The fourth-order valence-corrected chi connectivity index (χ4v) is 5.32. The minimum Gasteiger partial charge on any atom is -0.481 e. The third-order valence-electron chi connectivity index (χ3n) is 8.11. The summed E-state index contributed by atoms with van der Waals surface area (Å²) in [5.41, 5.74) is 0. The number of carboxylic acid groups (broad SMARTS) is 1. The predicted octanol–water partition coefficient (Wildman–Crippen LogP) is 12.9. The Labute approximate surface area is 259 Å². The fraction of sp³-hybridized carbons (Fsp3) is 0.921. The van der Waals surface area contributed by atoms with Crippen LogP contribution >= 0.6 is 0 Å². The van der Waals surface area contributed by atoms with Crippen LogP contribution in [0.4, 0.5) is 0 Å². The van der Waals surface area contributed by atoms with Crippen LogP contribution in [0.3, 0.4) is 0 Å². The number of rotatable bonds is 32. The Bertz CT molecular complexity index is 503. The molecule has 246 valence electrons. The van der Waals surface area contributed by atoms with Crippen molar-refractivity contribution in [2.75, 3.05) is 20.6 Å². The zero-order chi connectivity index (χ0) is 30.5. The highest BCUT2D eigenvalue weighted by Gasteiger charge is 1.97. The van der Waals surface area contributed by atoms with Gasteiger partial charge in [0, 0.05) is 6.42 Å². The van der Waals surface area contributed by atoms with Crippen LogP contribution in [0, 0.1) is 0 Å². The van der Waals surface area contributed by atoms with Crippen LogP contribution < -0.4 is 0 Å². The van der Waals surface area contributed by atoms with E-state index in [4.69, 9.17) is 5.11 Å². The summed E-state index contributed by atoms with van der Waals surface area (Å²) in [6.45, 7) is 5.82. The number of allylic oxidation sites excluding steroid dienone is 2. The summed E-state index contributed by atoms with van der Waals surface area (Å²) in [6.07, 6.45) is 44.5. The van der Waals surface area contributed by atoms with Crippen LogP contribution in [0.25, 0.3) is 0 Å². The van der Waals surface area contributed by atoms with Gasteiger partial charge in [-0.2, -0.15) is 0 Å². The highest BCUT2D eigenvalue weighted by Crippen LogP contribution is 2.14. The van der Waals surface area contributed by atoms with E-state index in [9.17, 15) is 4.79 Å². The molecule has 3 nitrogen and oxygen atoms in total. The molecule has 1 N–H and O–H groups in total. The first-order valence-corrected chi connectivity index (χ1v) is 18.6. The van der Waals surface area contributed by atoms with E-state index in [2.05, 4.69) is 45.0 Å². The highest BCUT2D eigenvalue weighted by molar-refractivity contribution is 5.66. The second kappa shape index (κ2) is 39.2. The zero-order valence-corrected chi connectivity index (χ0v) is 28.9. The SMILES string of the molecule is CCCCCCCC/C=C\CCCCCCCC(=O)O.CCCCCCCCCCCCCCCCCCN(C)C. The van der Waals surface area contributed by atoms with Gasteiger partial charge in [-0.15, -0.1) is 0 Å². The minimum atomic E-state index is -0.664. The number of carbonyl (C=O) groups is 1. The van der Waals surface area contributed by atoms with Crippen LogP contribution in [0.5, 0.6) is 0 Å². The average Bonchev–Trinajstić information content (AvgIpc) is 2.95. The van der Waals surface area contributed by atoms with Gasteiger partial charge in [-0.1, -0.05) is 174 Å². The molecule has 0 rings (SSSR count). The molecule has 0 aliphatic rings. The summed E-state index contributed by atoms with van der Waals surface area (Å²) in [5, 5.41) is 8.51. The van der Waals surface area contributed by atoms with E-state index in [1.165, 1.54) is 180 Å². The smallest absolute Gasteiger partial charge is 0.303 e. The van der Waals surface area contributed by atoms with Gasteiger partial charge in [0.2, 0.25) is 0 Å². The normalized spacial score (nSPS) is 11.3. The molecule has 0 amide bonds. The maximum atomic E-state index is 10.3. The van der Waals surface area contributed by atoms with Gasteiger partial charge in [0.15, 0.2) is 0 Å². The zero-order valence-electron chi connectivity index (χ0n) is 28.9. The molecule has 0 aromatic rings. The second-order valence-corrected chi connectivity index (χ2v) is 12.8. The Morgan fingerprint density at radius 1 is 0.463 bits per heavy atom. The Kier molecular flexibility index (Phi) is 40.4. The molecule has 0 aliphatic carbocycles. The maximum Gasteiger partial charge on any atom is 0.303 e. The molecule has 0 saturated heterocycles. The Hall–Kier alpha value is -0.830. The molecule has 41 heavy (non-hydrogen) atoms. The summed E-state index contributed by atoms with van der Waals surface area (Å²) in [5.74, 6) is -0.664. The Balaban J connectivity index is 0. The lowest BCUT2D eigenvalue weighted by molar-refractivity contribution is -0.137. The largest absolute Gasteiger partial charge is 0.481 e. The molecule has 0 radical (unpaired) electrons. The molecule has 0 atom stereocenters. The van der Waals surface area contributed by atoms with Crippen molar-refractivity contribution in [2.45, 2.75) is 206 Å². The molecule has 0 spiro atoms. The number of hydrogen-bond acceptors (Lipinski definition) is 2. The van der Waals surface area contributed by atoms with Crippen molar-refractivity contribution in [2.24, 2.45) is 0 Å². The molecular weight excluding hydrogens is 502 g/mol. The number of carboxylic acids is 1. The lowest BCUT2D eigenvalue weighted by Crippen LogP contribution is -2.12. The summed E-state index contributed by atoms with van der Waals surface area (Å²) in [6, 6.07) is 0. The number of unbranched alkanes of at least 4 members (excludes halogenated alkanes) is 26. The third kappa shape index (κ3) is 46.3. The average molecular weight is 580 g/mol. The molecule has 0 saturated carbocycles. The van der Waals surface area contributed by atoms with Crippen LogP contribution in [0.2, 0.25) is 0 Å². The van der Waals surface area contributed by atoms with E-state index in [1.54, 1.807) is 0 Å². The van der Waals surface area contributed by atoms with E-state index >= 15 is 0 Å². The first-order valence-electron chi connectivity index (χ1n) is 18.6. The second-order valence-electron chi connectivity index (χ2n) is 12.8. The van der Waals surface area contributed by atoms with Crippen molar-refractivity contribution in [3.05, 3.63) is 12.2 Å². The first kappa shape index (κ1) is 42.3. The van der Waals surface area contributed by atoms with Gasteiger partial charge in [-0.05, 0) is 59.2 Å². The van der Waals surface area contributed by atoms with Gasteiger partial charge in [0.05, 0.1) is 0 Å². The van der Waals surface area contributed by atoms with Crippen molar-refractivity contribution in [3.63, 3.8) is 0 Å². The van der Waals surface area contributed by atoms with Crippen LogP contribution in [0.15, 0.2) is 12.2 Å². The quantitative estimate of drug-likeness (QED) is 0.0636. The number of hydrogen-bond donors (Lipinski definition) is 1. The molecular formula is C38H77NO2. The Morgan fingerprint density at radius 3 is 1.07 bits per heavy atom. The van der Waals surface area contributed by atoms with Crippen molar-refractivity contribution in [1.29, 1.82) is 0 Å². The minimum absolute atomic E-state index is 0.332. The topological polar surface area (TPSA) is 40.5 Å². The summed E-state index contributed by atoms with van der Waals surface area (Å²) >= 11 is 0. The molecule has 0 aromatic heterocycles. The van der Waals surface area contributed by atoms with Crippen LogP contribution in [0.1, 0.15) is 206 Å². The van der Waals surface area contributed by atoms with Crippen molar-refractivity contribution >= 4 is 5.97 Å². The molecule has 0 unspecified atom stereocenters. The highest BCUT2D eigenvalue weighted by atomic mass is 16.4. The standard InChI is InChI=1S/C20H43N.C18H34O2/c1-4-5-6-7-8-9-10-11-12-13-14-15-16-17-18-19-20-21(2)3;1-2-3-4-5-6-7-8-9-10-11-12-13-14-15-16-17-18(19)20/h4-20H2,1-3H3;9-10H,2-8,11-17H2,1H3,(H,19,20)/b;10-9-. The van der Waals surface area contributed by atoms with E-state index in [-0.39, 0.29) is 0 Å². The predicted molar refractivity (Wildman–Crippen MR) is 185 cm³/mol. The van der Waals surface area contributed by atoms with E-state index in [0.717, 1.165) is 12.8 Å². The van der Waals surface area contributed by atoms with Crippen molar-refractivity contribution < 1.29 is 9.90 Å². The molecule has 0 heterocycles. The molecule has 0 aromatic carbocycles. The monoisotopic (exact) mass is 580 g/mol. The summed E-state index contributed by atoms with van der Waals surface area (Å²) in [4.78, 5) is 12.6. The Morgan fingerprint density at radius 2 is 0.756 bits per heavy atom. The molecule has 3 heteroatoms. The van der Waals surface area contributed by atoms with Gasteiger partial charge in [0.25, 0.3) is 0 Å². The van der Waals surface area contributed by atoms with Gasteiger partial charge < -0.3 is 10.0 Å². The lowest BCUT2D eigenvalue weighted by atomic mass is 10.0. The van der Waals surface area contributed by atoms with E-state index < -0.39 is 5.97 Å². The number of aliphatic carboxylic acids is 1.